The molecule has 2 N–H and O–H groups in total. The summed E-state index contributed by atoms with van der Waals surface area (Å²) in [5.74, 6) is -1.95. The number of aliphatic imine (C=N–C) groups is 2. The molecule has 1 aromatic rings. The van der Waals surface area contributed by atoms with Crippen LogP contribution in [-0.2, 0) is 14.4 Å². The molecule has 1 aliphatic heterocycles. The molecule has 0 unspecified atom stereocenters. The highest BCUT2D eigenvalue weighted by Gasteiger charge is 2.22. The number of amides is 3. The summed E-state index contributed by atoms with van der Waals surface area (Å²) < 4.78 is 1.19. The smallest absolute Gasteiger partial charge is 0.314 e. The van der Waals surface area contributed by atoms with Crippen molar-refractivity contribution in [2.24, 2.45) is 9.98 Å². The lowest BCUT2D eigenvalue weighted by atomic mass is 10.2. The second-order valence-corrected chi connectivity index (χ2v) is 4.79. The quantitative estimate of drug-likeness (QED) is 0.591. The van der Waals surface area contributed by atoms with Crippen LogP contribution in [0.3, 0.4) is 0 Å². The normalized spacial score (nSPS) is 14.2. The van der Waals surface area contributed by atoms with Crippen molar-refractivity contribution in [2.75, 3.05) is 11.9 Å². The number of hydrogen-bond acceptors (Lipinski definition) is 5. The molecule has 120 valence electrons. The summed E-state index contributed by atoms with van der Waals surface area (Å²) in [7, 11) is 0. The molecule has 0 aliphatic carbocycles. The average Bonchev–Trinajstić information content (AvgIpc) is 2.85. The molecule has 0 saturated carbocycles. The number of aromatic nitrogens is 2. The van der Waals surface area contributed by atoms with Crippen LogP contribution < -0.4 is 10.6 Å². The zero-order valence-electron chi connectivity index (χ0n) is 13.0. The maximum Gasteiger partial charge on any atom is 0.314 e. The van der Waals surface area contributed by atoms with Crippen LogP contribution in [0.25, 0.3) is 0 Å². The molecule has 0 bridgehead atoms. The SMILES string of the molecule is C=C1C(=O)N=C(n2nc(C)cc2NC(=O)C(=O)NCC)N=C1C. The van der Waals surface area contributed by atoms with Crippen molar-refractivity contribution >= 4 is 35.2 Å². The van der Waals surface area contributed by atoms with Crippen molar-refractivity contribution < 1.29 is 14.4 Å². The molecule has 0 atom stereocenters. The van der Waals surface area contributed by atoms with Gasteiger partial charge in [0.1, 0.15) is 5.82 Å². The summed E-state index contributed by atoms with van der Waals surface area (Å²) in [5, 5.41) is 8.94. The molecular formula is C14H16N6O3. The summed E-state index contributed by atoms with van der Waals surface area (Å²) in [6, 6.07) is 1.54. The molecule has 0 aromatic carbocycles. The number of nitrogens with one attached hydrogen (secondary N) is 2. The molecule has 9 heteroatoms. The Morgan fingerprint density at radius 3 is 2.57 bits per heavy atom. The van der Waals surface area contributed by atoms with E-state index in [-0.39, 0.29) is 17.4 Å². The van der Waals surface area contributed by atoms with E-state index >= 15 is 0 Å². The van der Waals surface area contributed by atoms with E-state index < -0.39 is 17.7 Å². The number of anilines is 1. The van der Waals surface area contributed by atoms with E-state index in [2.05, 4.69) is 32.3 Å². The zero-order valence-corrected chi connectivity index (χ0v) is 13.0. The molecule has 0 spiro atoms. The van der Waals surface area contributed by atoms with Crippen LogP contribution in [0.1, 0.15) is 19.5 Å². The maximum atomic E-state index is 11.8. The molecular weight excluding hydrogens is 300 g/mol. The van der Waals surface area contributed by atoms with E-state index in [4.69, 9.17) is 0 Å². The van der Waals surface area contributed by atoms with Gasteiger partial charge in [-0.2, -0.15) is 14.8 Å². The lowest BCUT2D eigenvalue weighted by Crippen LogP contribution is -2.36. The lowest BCUT2D eigenvalue weighted by Gasteiger charge is -2.12. The van der Waals surface area contributed by atoms with Crippen LogP contribution in [0.4, 0.5) is 5.82 Å². The minimum Gasteiger partial charge on any atom is -0.348 e. The van der Waals surface area contributed by atoms with E-state index in [0.29, 0.717) is 18.0 Å². The Hall–Kier alpha value is -3.10. The molecule has 0 fully saturated rings. The van der Waals surface area contributed by atoms with Gasteiger partial charge in [-0.15, -0.1) is 0 Å². The van der Waals surface area contributed by atoms with Gasteiger partial charge in [-0.25, -0.2) is 4.99 Å². The summed E-state index contributed by atoms with van der Waals surface area (Å²) in [4.78, 5) is 43.0. The third kappa shape index (κ3) is 3.39. The Labute approximate surface area is 132 Å². The van der Waals surface area contributed by atoms with E-state index in [1.165, 1.54) is 4.68 Å². The zero-order chi connectivity index (χ0) is 17.1. The molecule has 23 heavy (non-hydrogen) atoms. The van der Waals surface area contributed by atoms with Crippen LogP contribution in [0.5, 0.6) is 0 Å². The van der Waals surface area contributed by atoms with Crippen LogP contribution >= 0.6 is 0 Å². The van der Waals surface area contributed by atoms with Gasteiger partial charge in [-0.1, -0.05) is 6.58 Å². The monoisotopic (exact) mass is 316 g/mol. The first-order valence-electron chi connectivity index (χ1n) is 6.87. The number of hydrogen-bond donors (Lipinski definition) is 2. The Morgan fingerprint density at radius 2 is 1.96 bits per heavy atom. The third-order valence-electron chi connectivity index (χ3n) is 2.97. The molecule has 9 nitrogen and oxygen atoms in total. The molecule has 0 saturated heterocycles. The highest BCUT2D eigenvalue weighted by Crippen LogP contribution is 2.14. The summed E-state index contributed by atoms with van der Waals surface area (Å²) >= 11 is 0. The van der Waals surface area contributed by atoms with Gasteiger partial charge in [0, 0.05) is 12.6 Å². The first-order chi connectivity index (χ1) is 10.8. The maximum absolute atomic E-state index is 11.8. The standard InChI is InChI=1S/C14H16N6O3/c1-5-15-12(22)13(23)17-10-6-7(2)19-20(10)14-16-9(4)8(3)11(21)18-14/h6H,3,5H2,1-2,4H3,(H,15,22)(H,17,23). The van der Waals surface area contributed by atoms with Crippen molar-refractivity contribution in [1.29, 1.82) is 0 Å². The minimum atomic E-state index is -0.846. The van der Waals surface area contributed by atoms with Gasteiger partial charge in [0.25, 0.3) is 11.9 Å². The number of carbonyl (C=O) groups excluding carboxylic acids is 3. The number of carbonyl (C=O) groups is 3. The van der Waals surface area contributed by atoms with Gasteiger partial charge in [0.15, 0.2) is 0 Å². The molecule has 1 aliphatic rings. The predicted molar refractivity (Wildman–Crippen MR) is 84.4 cm³/mol. The Kier molecular flexibility index (Phi) is 4.49. The van der Waals surface area contributed by atoms with Gasteiger partial charge in [0.2, 0.25) is 0 Å². The van der Waals surface area contributed by atoms with Crippen molar-refractivity contribution in [1.82, 2.24) is 15.1 Å². The fraction of sp³-hybridized carbons (Fsp3) is 0.286. The average molecular weight is 316 g/mol. The van der Waals surface area contributed by atoms with E-state index in [1.807, 2.05) is 0 Å². The second-order valence-electron chi connectivity index (χ2n) is 4.79. The molecule has 0 radical (unpaired) electrons. The van der Waals surface area contributed by atoms with E-state index in [0.717, 1.165) is 0 Å². The van der Waals surface area contributed by atoms with Crippen LogP contribution in [-0.4, -0.2) is 45.7 Å². The molecule has 3 amide bonds. The molecule has 2 heterocycles. The van der Waals surface area contributed by atoms with Crippen molar-refractivity contribution in [3.05, 3.63) is 23.9 Å². The highest BCUT2D eigenvalue weighted by atomic mass is 16.2. The number of nitrogens with zero attached hydrogens (tertiary/aromatic N) is 4. The topological polar surface area (TPSA) is 118 Å². The number of likely N-dealkylation sites (N-methyl/N-ethyl adjacent to an activating group) is 1. The molecule has 1 aromatic heterocycles. The minimum absolute atomic E-state index is 0.000741. The first-order valence-corrected chi connectivity index (χ1v) is 6.87. The van der Waals surface area contributed by atoms with Gasteiger partial charge in [-0.3, -0.25) is 14.4 Å². The first kappa shape index (κ1) is 16.3. The van der Waals surface area contributed by atoms with Crippen molar-refractivity contribution in [2.45, 2.75) is 20.8 Å². The number of rotatable bonds is 2. The Bertz CT molecular complexity index is 771. The van der Waals surface area contributed by atoms with Gasteiger partial charge < -0.3 is 10.6 Å². The predicted octanol–water partition coefficient (Wildman–Crippen LogP) is 0.0275. The lowest BCUT2D eigenvalue weighted by molar-refractivity contribution is -0.136. The fourth-order valence-corrected chi connectivity index (χ4v) is 1.81. The van der Waals surface area contributed by atoms with Gasteiger partial charge in [-0.05, 0) is 20.8 Å². The van der Waals surface area contributed by atoms with E-state index in [9.17, 15) is 14.4 Å². The summed E-state index contributed by atoms with van der Waals surface area (Å²) in [6.07, 6.45) is 0. The van der Waals surface area contributed by atoms with Crippen molar-refractivity contribution in [3.8, 4) is 0 Å². The van der Waals surface area contributed by atoms with Crippen LogP contribution in [0.2, 0.25) is 0 Å². The summed E-state index contributed by atoms with van der Waals surface area (Å²) in [5.41, 5.74) is 1.17. The Balaban J connectivity index is 2.34. The van der Waals surface area contributed by atoms with Gasteiger partial charge in [0.05, 0.1) is 17.0 Å². The summed E-state index contributed by atoms with van der Waals surface area (Å²) in [6.45, 7) is 8.93. The van der Waals surface area contributed by atoms with Crippen molar-refractivity contribution in [3.63, 3.8) is 0 Å². The van der Waals surface area contributed by atoms with Gasteiger partial charge >= 0.3 is 11.8 Å². The van der Waals surface area contributed by atoms with Crippen LogP contribution in [0, 0.1) is 6.92 Å². The third-order valence-corrected chi connectivity index (χ3v) is 2.97. The fourth-order valence-electron chi connectivity index (χ4n) is 1.81. The molecule has 2 rings (SSSR count). The highest BCUT2D eigenvalue weighted by molar-refractivity contribution is 6.39. The number of aryl methyl sites for hydroxylation is 1. The van der Waals surface area contributed by atoms with E-state index in [1.54, 1.807) is 26.8 Å². The Morgan fingerprint density at radius 1 is 1.26 bits per heavy atom. The largest absolute Gasteiger partial charge is 0.348 e. The second kappa shape index (κ2) is 6.34. The van der Waals surface area contributed by atoms with Crippen LogP contribution in [0.15, 0.2) is 28.2 Å².